The number of nitrogens with one attached hydrogen (secondary N) is 1. The fourth-order valence-corrected chi connectivity index (χ4v) is 7.50. The van der Waals surface area contributed by atoms with Gasteiger partial charge in [0.25, 0.3) is 17.3 Å². The highest BCUT2D eigenvalue weighted by Gasteiger charge is 2.68. The Balaban J connectivity index is 1.39. The first-order valence-electron chi connectivity index (χ1n) is 14.6. The van der Waals surface area contributed by atoms with Gasteiger partial charge in [-0.2, -0.15) is 5.10 Å². The van der Waals surface area contributed by atoms with Crippen LogP contribution in [0.1, 0.15) is 44.1 Å². The van der Waals surface area contributed by atoms with Crippen molar-refractivity contribution in [1.82, 2.24) is 5.43 Å². The van der Waals surface area contributed by atoms with Crippen molar-refractivity contribution >= 4 is 41.0 Å². The smallest absolute Gasteiger partial charge is 0.293 e. The third-order valence-corrected chi connectivity index (χ3v) is 9.33. The molecule has 1 saturated heterocycles. The molecule has 1 fully saturated rings. The molecule has 1 heterocycles. The second-order valence-electron chi connectivity index (χ2n) is 11.6. The van der Waals surface area contributed by atoms with E-state index < -0.39 is 50.7 Å². The van der Waals surface area contributed by atoms with Gasteiger partial charge in [0.05, 0.1) is 39.8 Å². The van der Waals surface area contributed by atoms with Gasteiger partial charge in [0, 0.05) is 30.3 Å². The van der Waals surface area contributed by atoms with Crippen molar-refractivity contribution < 1.29 is 29.0 Å². The van der Waals surface area contributed by atoms with E-state index in [1.807, 2.05) is 48.5 Å². The number of benzene rings is 4. The maximum Gasteiger partial charge on any atom is 0.293 e. The zero-order valence-corrected chi connectivity index (χ0v) is 24.9. The van der Waals surface area contributed by atoms with Crippen LogP contribution in [0.5, 0.6) is 5.75 Å². The number of hydrogen-bond acceptors (Lipinski definition) is 9. The summed E-state index contributed by atoms with van der Waals surface area (Å²) in [6.07, 6.45) is 1.43. The fraction of sp³-hybridized carbons (Fsp3) is 0.176. The van der Waals surface area contributed by atoms with E-state index in [-0.39, 0.29) is 28.4 Å². The molecule has 3 aliphatic carbocycles. The molecule has 1 N–H and O–H groups in total. The molecule has 0 unspecified atom stereocenters. The molecule has 8 rings (SSSR count). The summed E-state index contributed by atoms with van der Waals surface area (Å²) in [7, 11) is 1.32. The van der Waals surface area contributed by atoms with E-state index in [1.165, 1.54) is 37.6 Å². The molecule has 234 valence electrons. The zero-order valence-electron chi connectivity index (χ0n) is 24.9. The number of nitro groups is 2. The van der Waals surface area contributed by atoms with Gasteiger partial charge in [0.2, 0.25) is 11.8 Å². The third kappa shape index (κ3) is 4.16. The Morgan fingerprint density at radius 2 is 1.57 bits per heavy atom. The van der Waals surface area contributed by atoms with Gasteiger partial charge in [-0.3, -0.25) is 34.6 Å². The molecule has 0 aromatic heterocycles. The molecule has 13 heteroatoms. The minimum atomic E-state index is -1.37. The Labute approximate surface area is 266 Å². The topological polar surface area (TPSA) is 174 Å². The minimum absolute atomic E-state index is 0.0855. The number of non-ortho nitro benzene ring substituents is 1. The Kier molecular flexibility index (Phi) is 6.70. The van der Waals surface area contributed by atoms with Crippen molar-refractivity contribution in [2.45, 2.75) is 18.3 Å². The van der Waals surface area contributed by atoms with Crippen molar-refractivity contribution in [2.24, 2.45) is 16.9 Å². The van der Waals surface area contributed by atoms with Crippen LogP contribution in [0.3, 0.4) is 0 Å². The monoisotopic (exact) mass is 631 g/mol. The van der Waals surface area contributed by atoms with Crippen molar-refractivity contribution in [3.63, 3.8) is 0 Å². The maximum atomic E-state index is 14.6. The van der Waals surface area contributed by atoms with Crippen molar-refractivity contribution in [3.05, 3.63) is 139 Å². The molecule has 4 aromatic carbocycles. The summed E-state index contributed by atoms with van der Waals surface area (Å²) in [5.74, 6) is -4.40. The van der Waals surface area contributed by atoms with Crippen molar-refractivity contribution in [1.29, 1.82) is 0 Å². The van der Waals surface area contributed by atoms with E-state index in [2.05, 4.69) is 10.5 Å². The highest BCUT2D eigenvalue weighted by atomic mass is 16.6. The van der Waals surface area contributed by atoms with E-state index in [4.69, 9.17) is 4.74 Å². The summed E-state index contributed by atoms with van der Waals surface area (Å²) in [5.41, 5.74) is 3.73. The average Bonchev–Trinajstić information content (AvgIpc) is 3.34. The van der Waals surface area contributed by atoms with Gasteiger partial charge >= 0.3 is 0 Å². The molecule has 0 saturated carbocycles. The summed E-state index contributed by atoms with van der Waals surface area (Å²) in [5, 5.41) is 27.8. The number of nitrogens with zero attached hydrogens (tertiary/aromatic N) is 4. The standard InChI is InChI=1S/C34H25N5O8/c1-18-11-13-25(26(15-18)39(45)46)37-32(41)29-28-20-7-3-5-9-23(20)34(30(29)33(37)42,24-10-6-4-8-21(24)28)17-35-36-31(40)22-16-19(38(43)44)12-14-27(22)47-2/h3-17,28-30H,1-2H3,(H,36,40)/b35-17-/t28?,29-,30-,34?/m1/s1. The Morgan fingerprint density at radius 1 is 0.915 bits per heavy atom. The number of carbonyl (C=O) groups is 3. The van der Waals surface area contributed by atoms with Crippen LogP contribution in [-0.4, -0.2) is 40.9 Å². The van der Waals surface area contributed by atoms with E-state index in [0.717, 1.165) is 22.1 Å². The maximum absolute atomic E-state index is 14.6. The first-order chi connectivity index (χ1) is 22.6. The van der Waals surface area contributed by atoms with Crippen LogP contribution in [0.4, 0.5) is 17.1 Å². The van der Waals surface area contributed by atoms with Gasteiger partial charge in [-0.05, 0) is 46.9 Å². The summed E-state index contributed by atoms with van der Waals surface area (Å²) >= 11 is 0. The molecule has 4 aromatic rings. The summed E-state index contributed by atoms with van der Waals surface area (Å²) in [4.78, 5) is 65.4. The average molecular weight is 632 g/mol. The number of amides is 3. The molecule has 13 nitrogen and oxygen atoms in total. The second kappa shape index (κ2) is 10.7. The molecular weight excluding hydrogens is 606 g/mol. The molecule has 4 aliphatic rings. The molecular formula is C34H25N5O8. The van der Waals surface area contributed by atoms with Crippen LogP contribution in [-0.2, 0) is 15.0 Å². The van der Waals surface area contributed by atoms with Gasteiger partial charge in [-0.15, -0.1) is 0 Å². The fourth-order valence-electron chi connectivity index (χ4n) is 7.50. The first-order valence-corrected chi connectivity index (χ1v) is 14.6. The highest BCUT2D eigenvalue weighted by molar-refractivity contribution is 6.25. The largest absolute Gasteiger partial charge is 0.496 e. The summed E-state index contributed by atoms with van der Waals surface area (Å²) in [6.45, 7) is 1.68. The quantitative estimate of drug-likeness (QED) is 0.131. The van der Waals surface area contributed by atoms with Crippen LogP contribution in [0.15, 0.2) is 90.0 Å². The van der Waals surface area contributed by atoms with Crippen LogP contribution in [0, 0.1) is 39.0 Å². The lowest BCUT2D eigenvalue weighted by atomic mass is 9.47. The number of aryl methyl sites for hydroxylation is 1. The number of nitro benzene ring substituents is 2. The lowest BCUT2D eigenvalue weighted by Crippen LogP contribution is -2.54. The number of methoxy groups -OCH3 is 1. The van der Waals surface area contributed by atoms with E-state index in [9.17, 15) is 34.6 Å². The summed E-state index contributed by atoms with van der Waals surface area (Å²) < 4.78 is 5.24. The van der Waals surface area contributed by atoms with E-state index in [0.29, 0.717) is 16.7 Å². The van der Waals surface area contributed by atoms with Gasteiger partial charge in [-0.25, -0.2) is 10.3 Å². The number of carbonyl (C=O) groups excluding carboxylic acids is 3. The van der Waals surface area contributed by atoms with Crippen LogP contribution in [0.25, 0.3) is 0 Å². The lowest BCUT2D eigenvalue weighted by Gasteiger charge is -2.52. The Morgan fingerprint density at radius 3 is 2.19 bits per heavy atom. The molecule has 0 spiro atoms. The lowest BCUT2D eigenvalue weighted by molar-refractivity contribution is -0.384. The zero-order chi connectivity index (χ0) is 33.2. The number of hydrogen-bond donors (Lipinski definition) is 1. The number of ether oxygens (including phenoxy) is 1. The molecule has 0 radical (unpaired) electrons. The molecule has 47 heavy (non-hydrogen) atoms. The Bertz CT molecular complexity index is 2040. The van der Waals surface area contributed by atoms with Gasteiger partial charge < -0.3 is 4.74 Å². The minimum Gasteiger partial charge on any atom is -0.496 e. The third-order valence-electron chi connectivity index (χ3n) is 9.33. The van der Waals surface area contributed by atoms with Gasteiger partial charge in [-0.1, -0.05) is 54.6 Å². The van der Waals surface area contributed by atoms with Gasteiger partial charge in [0.15, 0.2) is 0 Å². The predicted octanol–water partition coefficient (Wildman–Crippen LogP) is 4.79. The SMILES string of the molecule is COc1ccc([N+](=O)[O-])cc1C(=O)N/N=C\C12c3ccccc3C(c3ccccc31)[C@H]1C(=O)N(c3ccc(C)cc3[N+](=O)[O-])C(=O)[C@@H]12. The van der Waals surface area contributed by atoms with Crippen molar-refractivity contribution in [3.8, 4) is 5.75 Å². The van der Waals surface area contributed by atoms with Crippen LogP contribution >= 0.6 is 0 Å². The molecule has 2 atom stereocenters. The highest BCUT2D eigenvalue weighted by Crippen LogP contribution is 2.64. The predicted molar refractivity (Wildman–Crippen MR) is 168 cm³/mol. The van der Waals surface area contributed by atoms with E-state index in [1.54, 1.807) is 13.0 Å². The normalized spacial score (nSPS) is 22.1. The molecule has 1 aliphatic heterocycles. The summed E-state index contributed by atoms with van der Waals surface area (Å²) in [6, 6.07) is 22.7. The van der Waals surface area contributed by atoms with E-state index >= 15 is 0 Å². The second-order valence-corrected chi connectivity index (χ2v) is 11.6. The van der Waals surface area contributed by atoms with Crippen LogP contribution in [0.2, 0.25) is 0 Å². The number of rotatable bonds is 7. The number of imide groups is 1. The Hall–Kier alpha value is -6.24. The number of hydrazone groups is 1. The van der Waals surface area contributed by atoms with Gasteiger partial charge in [0.1, 0.15) is 11.4 Å². The molecule has 3 amide bonds. The van der Waals surface area contributed by atoms with Crippen LogP contribution < -0.4 is 15.1 Å². The van der Waals surface area contributed by atoms with Crippen molar-refractivity contribution in [2.75, 3.05) is 12.0 Å². The number of anilines is 1. The molecule has 2 bridgehead atoms. The first kappa shape index (κ1) is 29.5.